The molecule has 2 rings (SSSR count). The first-order valence-electron chi connectivity index (χ1n) is 8.20. The standard InChI is InChI=1S/C22H22O4/c1-13-9-17(11-15(3)21(23)24)5-7-19(13)20-8-6-18(10-14(20)2)12-16(4)22(25)26/h5-10H,3-4,11-12H2,1-2H3,(H,23,24)(H,25,26). The molecule has 0 aromatic heterocycles. The van der Waals surface area contributed by atoms with Crippen LogP contribution in [-0.2, 0) is 22.4 Å². The highest BCUT2D eigenvalue weighted by atomic mass is 16.4. The van der Waals surface area contributed by atoms with Crippen LogP contribution in [0.5, 0.6) is 0 Å². The molecule has 26 heavy (non-hydrogen) atoms. The summed E-state index contributed by atoms with van der Waals surface area (Å²) in [5, 5.41) is 17.9. The van der Waals surface area contributed by atoms with Crippen LogP contribution in [0.25, 0.3) is 11.1 Å². The second kappa shape index (κ2) is 7.83. The van der Waals surface area contributed by atoms with Gasteiger partial charge in [0.1, 0.15) is 0 Å². The molecule has 0 aliphatic heterocycles. The van der Waals surface area contributed by atoms with Gasteiger partial charge in [-0.2, -0.15) is 0 Å². The first-order valence-corrected chi connectivity index (χ1v) is 8.20. The molecule has 0 fully saturated rings. The normalized spacial score (nSPS) is 10.4. The van der Waals surface area contributed by atoms with Crippen LogP contribution < -0.4 is 0 Å². The van der Waals surface area contributed by atoms with E-state index in [2.05, 4.69) is 13.2 Å². The SMILES string of the molecule is C=C(Cc1ccc(-c2ccc(CC(=C)C(=O)O)cc2C)c(C)c1)C(=O)O. The fourth-order valence-electron chi connectivity index (χ4n) is 2.92. The Bertz CT molecular complexity index is 831. The zero-order valence-corrected chi connectivity index (χ0v) is 15.0. The fourth-order valence-corrected chi connectivity index (χ4v) is 2.92. The molecule has 4 heteroatoms. The van der Waals surface area contributed by atoms with Crippen molar-refractivity contribution in [3.05, 3.63) is 83.0 Å². The lowest BCUT2D eigenvalue weighted by Crippen LogP contribution is -2.03. The summed E-state index contributed by atoms with van der Waals surface area (Å²) in [4.78, 5) is 21.9. The van der Waals surface area contributed by atoms with Gasteiger partial charge in [0.05, 0.1) is 0 Å². The molecule has 0 spiro atoms. The molecule has 0 aliphatic rings. The number of hydrogen-bond donors (Lipinski definition) is 2. The molecule has 0 bridgehead atoms. The predicted molar refractivity (Wildman–Crippen MR) is 102 cm³/mol. The summed E-state index contributed by atoms with van der Waals surface area (Å²) in [5.74, 6) is -1.97. The molecule has 0 saturated heterocycles. The third-order valence-corrected chi connectivity index (χ3v) is 4.31. The third kappa shape index (κ3) is 4.48. The van der Waals surface area contributed by atoms with Gasteiger partial charge in [0.25, 0.3) is 0 Å². The highest BCUT2D eigenvalue weighted by Crippen LogP contribution is 2.29. The monoisotopic (exact) mass is 350 g/mol. The van der Waals surface area contributed by atoms with E-state index in [0.717, 1.165) is 33.4 Å². The van der Waals surface area contributed by atoms with Crippen molar-refractivity contribution in [3.8, 4) is 11.1 Å². The van der Waals surface area contributed by atoms with Gasteiger partial charge in [-0.15, -0.1) is 0 Å². The molecule has 4 nitrogen and oxygen atoms in total. The quantitative estimate of drug-likeness (QED) is 0.729. The van der Waals surface area contributed by atoms with E-state index in [9.17, 15) is 9.59 Å². The summed E-state index contributed by atoms with van der Waals surface area (Å²) in [6, 6.07) is 11.7. The Kier molecular flexibility index (Phi) is 5.78. The highest BCUT2D eigenvalue weighted by molar-refractivity contribution is 5.87. The number of carboxylic acid groups (broad SMARTS) is 2. The smallest absolute Gasteiger partial charge is 0.331 e. The van der Waals surface area contributed by atoms with Crippen LogP contribution in [0.15, 0.2) is 60.7 Å². The van der Waals surface area contributed by atoms with Crippen molar-refractivity contribution in [2.75, 3.05) is 0 Å². The molecule has 0 atom stereocenters. The summed E-state index contributed by atoms with van der Waals surface area (Å²) in [5.41, 5.74) is 6.37. The van der Waals surface area contributed by atoms with Crippen molar-refractivity contribution in [1.29, 1.82) is 0 Å². The number of carboxylic acids is 2. The van der Waals surface area contributed by atoms with Crippen LogP contribution >= 0.6 is 0 Å². The first kappa shape index (κ1) is 19.2. The molecule has 0 unspecified atom stereocenters. The summed E-state index contributed by atoms with van der Waals surface area (Å²) in [6.45, 7) is 11.1. The van der Waals surface area contributed by atoms with Gasteiger partial charge >= 0.3 is 11.9 Å². The third-order valence-electron chi connectivity index (χ3n) is 4.31. The van der Waals surface area contributed by atoms with Crippen molar-refractivity contribution in [2.24, 2.45) is 0 Å². The van der Waals surface area contributed by atoms with Crippen LogP contribution in [0.3, 0.4) is 0 Å². The van der Waals surface area contributed by atoms with Gasteiger partial charge in [0.15, 0.2) is 0 Å². The Labute approximate surface area is 153 Å². The molecule has 2 aromatic rings. The predicted octanol–water partition coefficient (Wildman–Crippen LogP) is 4.34. The number of hydrogen-bond acceptors (Lipinski definition) is 2. The summed E-state index contributed by atoms with van der Waals surface area (Å²) < 4.78 is 0. The Morgan fingerprint density at radius 1 is 0.769 bits per heavy atom. The van der Waals surface area contributed by atoms with Crippen molar-refractivity contribution in [1.82, 2.24) is 0 Å². The maximum absolute atomic E-state index is 10.9. The number of aryl methyl sites for hydroxylation is 2. The lowest BCUT2D eigenvalue weighted by molar-refractivity contribution is -0.133. The Morgan fingerprint density at radius 3 is 1.38 bits per heavy atom. The number of aliphatic carboxylic acids is 2. The van der Waals surface area contributed by atoms with E-state index in [4.69, 9.17) is 10.2 Å². The van der Waals surface area contributed by atoms with Crippen LogP contribution in [0.1, 0.15) is 22.3 Å². The molecule has 0 aliphatic carbocycles. The van der Waals surface area contributed by atoms with Gasteiger partial charge in [-0.25, -0.2) is 9.59 Å². The van der Waals surface area contributed by atoms with E-state index in [1.165, 1.54) is 0 Å². The van der Waals surface area contributed by atoms with Gasteiger partial charge in [-0.3, -0.25) is 0 Å². The Balaban J connectivity index is 2.28. The lowest BCUT2D eigenvalue weighted by Gasteiger charge is -2.13. The number of carbonyl (C=O) groups is 2. The van der Waals surface area contributed by atoms with Crippen molar-refractivity contribution < 1.29 is 19.8 Å². The number of benzene rings is 2. The largest absolute Gasteiger partial charge is 0.478 e. The van der Waals surface area contributed by atoms with E-state index in [0.29, 0.717) is 12.8 Å². The lowest BCUT2D eigenvalue weighted by atomic mass is 9.92. The molecular weight excluding hydrogens is 328 g/mol. The molecule has 0 radical (unpaired) electrons. The van der Waals surface area contributed by atoms with E-state index in [1.54, 1.807) is 0 Å². The Morgan fingerprint density at radius 2 is 1.12 bits per heavy atom. The van der Waals surface area contributed by atoms with Crippen LogP contribution in [-0.4, -0.2) is 22.2 Å². The summed E-state index contributed by atoms with van der Waals surface area (Å²) >= 11 is 0. The second-order valence-electron chi connectivity index (χ2n) is 6.47. The van der Waals surface area contributed by atoms with Crippen LogP contribution in [0, 0.1) is 13.8 Å². The first-order chi connectivity index (χ1) is 12.2. The van der Waals surface area contributed by atoms with Crippen LogP contribution in [0.2, 0.25) is 0 Å². The van der Waals surface area contributed by atoms with E-state index < -0.39 is 11.9 Å². The maximum atomic E-state index is 10.9. The van der Waals surface area contributed by atoms with Gasteiger partial charge < -0.3 is 10.2 Å². The maximum Gasteiger partial charge on any atom is 0.331 e. The summed E-state index contributed by atoms with van der Waals surface area (Å²) in [7, 11) is 0. The minimum absolute atomic E-state index is 0.163. The molecule has 0 heterocycles. The topological polar surface area (TPSA) is 74.6 Å². The van der Waals surface area contributed by atoms with Gasteiger partial charge in [0.2, 0.25) is 0 Å². The molecular formula is C22H22O4. The van der Waals surface area contributed by atoms with Gasteiger partial charge in [-0.05, 0) is 47.2 Å². The average Bonchev–Trinajstić information content (AvgIpc) is 2.55. The number of rotatable bonds is 7. The van der Waals surface area contributed by atoms with E-state index >= 15 is 0 Å². The Hall–Kier alpha value is -3.14. The van der Waals surface area contributed by atoms with Crippen molar-refractivity contribution >= 4 is 11.9 Å². The zero-order valence-electron chi connectivity index (χ0n) is 15.0. The van der Waals surface area contributed by atoms with Gasteiger partial charge in [0, 0.05) is 24.0 Å². The molecule has 0 amide bonds. The average molecular weight is 350 g/mol. The van der Waals surface area contributed by atoms with Crippen molar-refractivity contribution in [3.63, 3.8) is 0 Å². The minimum atomic E-state index is -0.985. The summed E-state index contributed by atoms with van der Waals surface area (Å²) in [6.07, 6.45) is 0.622. The van der Waals surface area contributed by atoms with Crippen molar-refractivity contribution in [2.45, 2.75) is 26.7 Å². The molecule has 2 N–H and O–H groups in total. The molecule has 2 aromatic carbocycles. The zero-order chi connectivity index (χ0) is 19.4. The van der Waals surface area contributed by atoms with Crippen LogP contribution in [0.4, 0.5) is 0 Å². The fraction of sp³-hybridized carbons (Fsp3) is 0.182. The molecule has 0 saturated carbocycles. The van der Waals surface area contributed by atoms with E-state index in [1.807, 2.05) is 50.2 Å². The van der Waals surface area contributed by atoms with E-state index in [-0.39, 0.29) is 11.1 Å². The molecule has 134 valence electrons. The van der Waals surface area contributed by atoms with Gasteiger partial charge in [-0.1, -0.05) is 49.6 Å². The minimum Gasteiger partial charge on any atom is -0.478 e. The highest BCUT2D eigenvalue weighted by Gasteiger charge is 2.11. The second-order valence-corrected chi connectivity index (χ2v) is 6.47.